The van der Waals surface area contributed by atoms with E-state index in [9.17, 15) is 18.3 Å². The van der Waals surface area contributed by atoms with Gasteiger partial charge in [-0.05, 0) is 68.4 Å². The summed E-state index contributed by atoms with van der Waals surface area (Å²) in [7, 11) is -3.86. The van der Waals surface area contributed by atoms with Crippen molar-refractivity contribution < 1.29 is 18.3 Å². The molecule has 0 spiro atoms. The molecule has 7 nitrogen and oxygen atoms in total. The molecule has 0 radical (unpaired) electrons. The van der Waals surface area contributed by atoms with E-state index < -0.39 is 27.6 Å². The number of carbonyl (C=O) groups excluding carboxylic acids is 1. The molecule has 0 aliphatic heterocycles. The molecule has 2 aliphatic rings. The third kappa shape index (κ3) is 6.36. The Morgan fingerprint density at radius 3 is 2.27 bits per heavy atom. The standard InChI is InChI=1S/C29H41N3O4S/c1-2-29(18-8-9-19-29)28(34)31-26(20-22-10-4-3-5-11-22)27(33)21-32(24-12-6-7-13-24)37(35,36)25-16-14-23(30)15-17-25/h3-5,10-11,14-17,24,26-27,33H,2,6-9,12-13,18-21,30H2,1H3,(H,31,34). The lowest BCUT2D eigenvalue weighted by molar-refractivity contribution is -0.132. The monoisotopic (exact) mass is 527 g/mol. The lowest BCUT2D eigenvalue weighted by Crippen LogP contribution is -2.54. The number of amides is 1. The highest BCUT2D eigenvalue weighted by molar-refractivity contribution is 7.89. The maximum Gasteiger partial charge on any atom is 0.243 e. The van der Waals surface area contributed by atoms with Crippen LogP contribution in [0.1, 0.15) is 70.3 Å². The van der Waals surface area contributed by atoms with Crippen LogP contribution < -0.4 is 11.1 Å². The number of nitrogens with zero attached hydrogens (tertiary/aromatic N) is 1. The quantitative estimate of drug-likeness (QED) is 0.378. The van der Waals surface area contributed by atoms with Crippen molar-refractivity contribution >= 4 is 21.6 Å². The molecular formula is C29H41N3O4S. The third-order valence-corrected chi connectivity index (χ3v) is 10.3. The van der Waals surface area contributed by atoms with E-state index in [1.807, 2.05) is 30.3 Å². The summed E-state index contributed by atoms with van der Waals surface area (Å²) in [6.07, 6.45) is 7.31. The molecule has 2 fully saturated rings. The van der Waals surface area contributed by atoms with E-state index in [0.29, 0.717) is 12.1 Å². The summed E-state index contributed by atoms with van der Waals surface area (Å²) in [5, 5.41) is 14.7. The van der Waals surface area contributed by atoms with Crippen LogP contribution in [0.15, 0.2) is 59.5 Å². The molecule has 2 atom stereocenters. The minimum Gasteiger partial charge on any atom is -0.399 e. The van der Waals surface area contributed by atoms with Crippen molar-refractivity contribution in [3.63, 3.8) is 0 Å². The maximum absolute atomic E-state index is 13.8. The zero-order chi connectivity index (χ0) is 26.5. The molecule has 202 valence electrons. The Labute approximate surface area is 221 Å². The van der Waals surface area contributed by atoms with Gasteiger partial charge in [0.15, 0.2) is 0 Å². The molecule has 2 saturated carbocycles. The molecule has 2 unspecified atom stereocenters. The number of hydrogen-bond donors (Lipinski definition) is 3. The fourth-order valence-corrected chi connectivity index (χ4v) is 7.69. The van der Waals surface area contributed by atoms with Crippen LogP contribution in [0.4, 0.5) is 5.69 Å². The van der Waals surface area contributed by atoms with Crippen LogP contribution in [-0.4, -0.2) is 48.5 Å². The first-order valence-corrected chi connectivity index (χ1v) is 15.1. The number of sulfonamides is 1. The number of anilines is 1. The summed E-state index contributed by atoms with van der Waals surface area (Å²) in [5.41, 5.74) is 6.86. The molecule has 2 aromatic rings. The first-order chi connectivity index (χ1) is 17.7. The lowest BCUT2D eigenvalue weighted by Gasteiger charge is -2.35. The van der Waals surface area contributed by atoms with Gasteiger partial charge in [-0.1, -0.05) is 62.9 Å². The molecule has 0 bridgehead atoms. The molecule has 0 saturated heterocycles. The zero-order valence-electron chi connectivity index (χ0n) is 21.8. The van der Waals surface area contributed by atoms with Crippen molar-refractivity contribution in [3.05, 3.63) is 60.2 Å². The first kappa shape index (κ1) is 27.6. The zero-order valence-corrected chi connectivity index (χ0v) is 22.6. The number of nitrogens with one attached hydrogen (secondary N) is 1. The average Bonchev–Trinajstić information content (AvgIpc) is 3.60. The molecule has 0 aromatic heterocycles. The maximum atomic E-state index is 13.8. The summed E-state index contributed by atoms with van der Waals surface area (Å²) < 4.78 is 29.0. The summed E-state index contributed by atoms with van der Waals surface area (Å²) in [6.45, 7) is 1.98. The second-order valence-corrected chi connectivity index (χ2v) is 12.7. The summed E-state index contributed by atoms with van der Waals surface area (Å²) in [5.74, 6) is -0.0266. The van der Waals surface area contributed by atoms with E-state index in [4.69, 9.17) is 5.73 Å². The minimum atomic E-state index is -3.86. The number of aliphatic hydroxyl groups excluding tert-OH is 1. The first-order valence-electron chi connectivity index (χ1n) is 13.7. The molecule has 4 N–H and O–H groups in total. The van der Waals surface area contributed by atoms with Crippen LogP contribution in [0.5, 0.6) is 0 Å². The Kier molecular flexibility index (Phi) is 8.93. The van der Waals surface area contributed by atoms with Gasteiger partial charge >= 0.3 is 0 Å². The SMILES string of the molecule is CCC1(C(=O)NC(Cc2ccccc2)C(O)CN(C2CCCC2)S(=O)(=O)c2ccc(N)cc2)CCCC1. The fourth-order valence-electron chi connectivity index (χ4n) is 5.99. The predicted molar refractivity (Wildman–Crippen MR) is 146 cm³/mol. The van der Waals surface area contributed by atoms with E-state index >= 15 is 0 Å². The second kappa shape index (κ2) is 12.0. The molecule has 4 rings (SSSR count). The van der Waals surface area contributed by atoms with Crippen LogP contribution in [0.25, 0.3) is 0 Å². The van der Waals surface area contributed by atoms with Gasteiger partial charge < -0.3 is 16.2 Å². The normalized spacial score (nSPS) is 19.6. The van der Waals surface area contributed by atoms with Crippen molar-refractivity contribution in [1.29, 1.82) is 0 Å². The van der Waals surface area contributed by atoms with Crippen molar-refractivity contribution in [1.82, 2.24) is 9.62 Å². The van der Waals surface area contributed by atoms with Gasteiger partial charge in [-0.2, -0.15) is 4.31 Å². The van der Waals surface area contributed by atoms with Crippen molar-refractivity contribution in [3.8, 4) is 0 Å². The van der Waals surface area contributed by atoms with Gasteiger partial charge in [-0.25, -0.2) is 8.42 Å². The molecule has 8 heteroatoms. The smallest absolute Gasteiger partial charge is 0.243 e. The largest absolute Gasteiger partial charge is 0.399 e. The molecule has 2 aliphatic carbocycles. The Balaban J connectivity index is 1.61. The van der Waals surface area contributed by atoms with E-state index in [1.165, 1.54) is 16.4 Å². The number of benzene rings is 2. The van der Waals surface area contributed by atoms with Crippen molar-refractivity contribution in [2.75, 3.05) is 12.3 Å². The highest BCUT2D eigenvalue weighted by Crippen LogP contribution is 2.41. The van der Waals surface area contributed by atoms with E-state index in [0.717, 1.165) is 63.4 Å². The number of rotatable bonds is 11. The van der Waals surface area contributed by atoms with Gasteiger partial charge in [-0.3, -0.25) is 4.79 Å². The average molecular weight is 528 g/mol. The topological polar surface area (TPSA) is 113 Å². The molecular weight excluding hydrogens is 486 g/mol. The molecule has 37 heavy (non-hydrogen) atoms. The Bertz CT molecular complexity index is 1130. The van der Waals surface area contributed by atoms with Crippen molar-refractivity contribution in [2.24, 2.45) is 5.41 Å². The highest BCUT2D eigenvalue weighted by atomic mass is 32.2. The number of aliphatic hydroxyl groups is 1. The van der Waals surface area contributed by atoms with E-state index in [1.54, 1.807) is 12.1 Å². The Morgan fingerprint density at radius 1 is 1.05 bits per heavy atom. The summed E-state index contributed by atoms with van der Waals surface area (Å²) in [4.78, 5) is 13.7. The Hall–Kier alpha value is -2.42. The number of carbonyl (C=O) groups is 1. The third-order valence-electron chi connectivity index (χ3n) is 8.38. The summed E-state index contributed by atoms with van der Waals surface area (Å²) >= 11 is 0. The number of hydrogen-bond acceptors (Lipinski definition) is 5. The van der Waals surface area contributed by atoms with Gasteiger partial charge in [0.25, 0.3) is 0 Å². The highest BCUT2D eigenvalue weighted by Gasteiger charge is 2.42. The minimum absolute atomic E-state index is 0.0266. The molecule has 1 amide bonds. The van der Waals surface area contributed by atoms with E-state index in [2.05, 4.69) is 12.2 Å². The van der Waals surface area contributed by atoms with Crippen LogP contribution in [0, 0.1) is 5.41 Å². The van der Waals surface area contributed by atoms with Gasteiger partial charge in [0.05, 0.1) is 17.0 Å². The van der Waals surface area contributed by atoms with Crippen LogP contribution in [-0.2, 0) is 21.2 Å². The van der Waals surface area contributed by atoms with Crippen LogP contribution in [0.2, 0.25) is 0 Å². The van der Waals surface area contributed by atoms with Crippen LogP contribution >= 0.6 is 0 Å². The molecule has 0 heterocycles. The van der Waals surface area contributed by atoms with Gasteiger partial charge in [0.1, 0.15) is 0 Å². The van der Waals surface area contributed by atoms with Crippen molar-refractivity contribution in [2.45, 2.75) is 94.2 Å². The fraction of sp³-hybridized carbons (Fsp3) is 0.552. The van der Waals surface area contributed by atoms with Crippen LogP contribution in [0.3, 0.4) is 0 Å². The molecule has 2 aromatic carbocycles. The summed E-state index contributed by atoms with van der Waals surface area (Å²) in [6, 6.07) is 15.2. The van der Waals surface area contributed by atoms with E-state index in [-0.39, 0.29) is 23.4 Å². The van der Waals surface area contributed by atoms with Gasteiger partial charge in [0.2, 0.25) is 15.9 Å². The number of nitrogens with two attached hydrogens (primary N) is 1. The Morgan fingerprint density at radius 2 is 1.68 bits per heavy atom. The lowest BCUT2D eigenvalue weighted by atomic mass is 9.82. The van der Waals surface area contributed by atoms with Gasteiger partial charge in [0, 0.05) is 23.7 Å². The number of nitrogen functional groups attached to an aromatic ring is 1. The van der Waals surface area contributed by atoms with Gasteiger partial charge in [-0.15, -0.1) is 0 Å². The predicted octanol–water partition coefficient (Wildman–Crippen LogP) is 4.26. The second-order valence-electron chi connectivity index (χ2n) is 10.8.